The van der Waals surface area contributed by atoms with Crippen LogP contribution < -0.4 is 5.32 Å². The summed E-state index contributed by atoms with van der Waals surface area (Å²) in [6.45, 7) is 3.09. The van der Waals surface area contributed by atoms with E-state index in [0.717, 1.165) is 12.8 Å². The van der Waals surface area contributed by atoms with Crippen LogP contribution in [0.1, 0.15) is 49.4 Å². The summed E-state index contributed by atoms with van der Waals surface area (Å²) >= 11 is 6.12. The van der Waals surface area contributed by atoms with Crippen LogP contribution >= 0.6 is 11.6 Å². The second-order valence-corrected chi connectivity index (χ2v) is 10.3. The Morgan fingerprint density at radius 1 is 1.23 bits per heavy atom. The lowest BCUT2D eigenvalue weighted by molar-refractivity contribution is -0.129. The third-order valence-electron chi connectivity index (χ3n) is 5.70. The van der Waals surface area contributed by atoms with Crippen molar-refractivity contribution in [3.8, 4) is 0 Å². The van der Waals surface area contributed by atoms with Gasteiger partial charge in [0.15, 0.2) is 6.10 Å². The van der Waals surface area contributed by atoms with E-state index in [1.807, 2.05) is 0 Å². The average molecular weight is 473 g/mol. The van der Waals surface area contributed by atoms with Crippen LogP contribution in [0, 0.1) is 5.92 Å². The maximum absolute atomic E-state index is 12.9. The standard InChI is InChI=1S/C21H29ClN2O6S/c1-15(20(25)23-14-16-5-3-2-4-6-16)30-21(26)17-7-8-18(22)19(13-17)31(27,28)24-9-11-29-12-10-24/h7-8,13,15-16H,2-6,9-12,14H2,1H3,(H,23,25). The van der Waals surface area contributed by atoms with E-state index in [4.69, 9.17) is 21.1 Å². The molecule has 0 spiro atoms. The van der Waals surface area contributed by atoms with Gasteiger partial charge >= 0.3 is 5.97 Å². The van der Waals surface area contributed by atoms with Crippen LogP contribution in [0.2, 0.25) is 5.02 Å². The molecular formula is C21H29ClN2O6S. The van der Waals surface area contributed by atoms with Gasteiger partial charge in [0.1, 0.15) is 4.90 Å². The smallest absolute Gasteiger partial charge is 0.338 e. The van der Waals surface area contributed by atoms with Gasteiger partial charge in [-0.1, -0.05) is 30.9 Å². The molecule has 1 aromatic carbocycles. The minimum Gasteiger partial charge on any atom is -0.449 e. The monoisotopic (exact) mass is 472 g/mol. The van der Waals surface area contributed by atoms with Crippen molar-refractivity contribution in [3.05, 3.63) is 28.8 Å². The van der Waals surface area contributed by atoms with E-state index in [0.29, 0.717) is 25.7 Å². The largest absolute Gasteiger partial charge is 0.449 e. The normalized spacial score (nSPS) is 19.5. The molecule has 2 aliphatic rings. The lowest BCUT2D eigenvalue weighted by Gasteiger charge is -2.26. The number of sulfonamides is 1. The molecule has 1 saturated carbocycles. The highest BCUT2D eigenvalue weighted by molar-refractivity contribution is 7.89. The maximum Gasteiger partial charge on any atom is 0.338 e. The quantitative estimate of drug-likeness (QED) is 0.612. The molecule has 0 bridgehead atoms. The first-order valence-corrected chi connectivity index (χ1v) is 12.5. The number of esters is 1. The lowest BCUT2D eigenvalue weighted by Crippen LogP contribution is -2.40. The van der Waals surface area contributed by atoms with Gasteiger partial charge < -0.3 is 14.8 Å². The summed E-state index contributed by atoms with van der Waals surface area (Å²) in [6.07, 6.45) is 4.79. The first-order chi connectivity index (χ1) is 14.8. The molecule has 172 valence electrons. The first kappa shape index (κ1) is 24.0. The van der Waals surface area contributed by atoms with Crippen molar-refractivity contribution in [2.24, 2.45) is 5.92 Å². The maximum atomic E-state index is 12.9. The number of morpholine rings is 1. The summed E-state index contributed by atoms with van der Waals surface area (Å²) in [7, 11) is -3.88. The summed E-state index contributed by atoms with van der Waals surface area (Å²) < 4.78 is 37.6. The number of hydrogen-bond donors (Lipinski definition) is 1. The second kappa shape index (κ2) is 10.8. The Kier molecular flexibility index (Phi) is 8.32. The molecule has 31 heavy (non-hydrogen) atoms. The predicted molar refractivity (Wildman–Crippen MR) is 115 cm³/mol. The summed E-state index contributed by atoms with van der Waals surface area (Å²) in [4.78, 5) is 24.7. The number of benzene rings is 1. The average Bonchev–Trinajstić information content (AvgIpc) is 2.78. The van der Waals surface area contributed by atoms with Crippen LogP contribution in [0.4, 0.5) is 0 Å². The van der Waals surface area contributed by atoms with Crippen molar-refractivity contribution in [3.63, 3.8) is 0 Å². The fourth-order valence-electron chi connectivity index (χ4n) is 3.82. The van der Waals surface area contributed by atoms with Crippen molar-refractivity contribution in [2.45, 2.75) is 50.0 Å². The van der Waals surface area contributed by atoms with Gasteiger partial charge in [0.05, 0.1) is 23.8 Å². The zero-order valence-corrected chi connectivity index (χ0v) is 19.2. The van der Waals surface area contributed by atoms with E-state index in [-0.39, 0.29) is 34.5 Å². The number of rotatable bonds is 7. The first-order valence-electron chi connectivity index (χ1n) is 10.6. The van der Waals surface area contributed by atoms with Gasteiger partial charge in [-0.3, -0.25) is 4.79 Å². The molecule has 10 heteroatoms. The van der Waals surface area contributed by atoms with Crippen molar-refractivity contribution >= 4 is 33.5 Å². The van der Waals surface area contributed by atoms with Gasteiger partial charge in [0, 0.05) is 19.6 Å². The minimum absolute atomic E-state index is 0.0151. The molecule has 0 aromatic heterocycles. The Balaban J connectivity index is 1.63. The van der Waals surface area contributed by atoms with Crippen LogP contribution in [0.5, 0.6) is 0 Å². The van der Waals surface area contributed by atoms with Crippen LogP contribution in [0.3, 0.4) is 0 Å². The molecule has 1 aromatic rings. The summed E-state index contributed by atoms with van der Waals surface area (Å²) in [6, 6.07) is 3.93. The number of halogens is 1. The summed E-state index contributed by atoms with van der Waals surface area (Å²) in [5, 5.41) is 2.86. The number of nitrogens with zero attached hydrogens (tertiary/aromatic N) is 1. The third-order valence-corrected chi connectivity index (χ3v) is 8.08. The lowest BCUT2D eigenvalue weighted by atomic mass is 9.89. The van der Waals surface area contributed by atoms with Gasteiger partial charge in [-0.05, 0) is 43.9 Å². The van der Waals surface area contributed by atoms with Crippen molar-refractivity contribution in [1.29, 1.82) is 0 Å². The Labute approximate surface area is 188 Å². The van der Waals surface area contributed by atoms with E-state index >= 15 is 0 Å². The minimum atomic E-state index is -3.88. The SMILES string of the molecule is CC(OC(=O)c1ccc(Cl)c(S(=O)(=O)N2CCOCC2)c1)C(=O)NCC1CCCCC1. The molecule has 1 atom stereocenters. The zero-order chi connectivity index (χ0) is 22.4. The number of hydrogen-bond acceptors (Lipinski definition) is 6. The summed E-state index contributed by atoms with van der Waals surface area (Å²) in [5.74, 6) is -0.686. The van der Waals surface area contributed by atoms with Gasteiger partial charge in [-0.25, -0.2) is 13.2 Å². The van der Waals surface area contributed by atoms with Crippen molar-refractivity contribution in [1.82, 2.24) is 9.62 Å². The molecule has 1 aliphatic carbocycles. The molecule has 3 rings (SSSR count). The van der Waals surface area contributed by atoms with E-state index in [2.05, 4.69) is 5.32 Å². The molecule has 1 N–H and O–H groups in total. The van der Waals surface area contributed by atoms with E-state index in [9.17, 15) is 18.0 Å². The van der Waals surface area contributed by atoms with Gasteiger partial charge in [0.2, 0.25) is 10.0 Å². The molecule has 0 radical (unpaired) electrons. The molecular weight excluding hydrogens is 444 g/mol. The fraction of sp³-hybridized carbons (Fsp3) is 0.619. The highest BCUT2D eigenvalue weighted by Gasteiger charge is 2.30. The van der Waals surface area contributed by atoms with E-state index in [1.165, 1.54) is 48.7 Å². The Morgan fingerprint density at radius 3 is 2.58 bits per heavy atom. The molecule has 1 unspecified atom stereocenters. The number of carbonyl (C=O) groups is 2. The van der Waals surface area contributed by atoms with Crippen LogP contribution in [0.25, 0.3) is 0 Å². The number of nitrogens with one attached hydrogen (secondary N) is 1. The second-order valence-electron chi connectivity index (χ2n) is 7.96. The number of amides is 1. The highest BCUT2D eigenvalue weighted by Crippen LogP contribution is 2.27. The highest BCUT2D eigenvalue weighted by atomic mass is 35.5. The molecule has 1 saturated heterocycles. The molecule has 1 aliphatic heterocycles. The van der Waals surface area contributed by atoms with Crippen LogP contribution in [-0.4, -0.2) is 63.6 Å². The third kappa shape index (κ3) is 6.19. The van der Waals surface area contributed by atoms with E-state index in [1.54, 1.807) is 0 Å². The zero-order valence-electron chi connectivity index (χ0n) is 17.6. The van der Waals surface area contributed by atoms with E-state index < -0.39 is 22.1 Å². The molecule has 2 fully saturated rings. The predicted octanol–water partition coefficient (Wildman–Crippen LogP) is 2.60. The Bertz CT molecular complexity index is 895. The number of ether oxygens (including phenoxy) is 2. The van der Waals surface area contributed by atoms with Crippen LogP contribution in [0.15, 0.2) is 23.1 Å². The van der Waals surface area contributed by atoms with Gasteiger partial charge in [-0.15, -0.1) is 0 Å². The van der Waals surface area contributed by atoms with Crippen molar-refractivity contribution < 1.29 is 27.5 Å². The Morgan fingerprint density at radius 2 is 1.90 bits per heavy atom. The van der Waals surface area contributed by atoms with Gasteiger partial charge in [-0.2, -0.15) is 4.31 Å². The molecule has 1 amide bonds. The topological polar surface area (TPSA) is 102 Å². The van der Waals surface area contributed by atoms with Crippen LogP contribution in [-0.2, 0) is 24.3 Å². The number of carbonyl (C=O) groups excluding carboxylic acids is 2. The fourth-order valence-corrected chi connectivity index (χ4v) is 5.72. The van der Waals surface area contributed by atoms with Gasteiger partial charge in [0.25, 0.3) is 5.91 Å². The van der Waals surface area contributed by atoms with Crippen molar-refractivity contribution in [2.75, 3.05) is 32.8 Å². The summed E-state index contributed by atoms with van der Waals surface area (Å²) in [5.41, 5.74) is 0.0168. The molecule has 8 nitrogen and oxygen atoms in total. The molecule has 1 heterocycles. The Hall–Kier alpha value is -1.68.